The second-order valence-corrected chi connectivity index (χ2v) is 7.65. The number of carbonyl (C=O) groups is 3. The van der Waals surface area contributed by atoms with Gasteiger partial charge >= 0.3 is 0 Å². The molecule has 3 rings (SSSR count). The number of carbonyl (C=O) groups excluding carboxylic acids is 3. The number of amides is 3. The van der Waals surface area contributed by atoms with E-state index in [1.54, 1.807) is 11.0 Å². The van der Waals surface area contributed by atoms with Gasteiger partial charge in [-0.15, -0.1) is 0 Å². The van der Waals surface area contributed by atoms with E-state index in [-0.39, 0.29) is 24.1 Å². The molecular formula is C22H30N2O4. The van der Waals surface area contributed by atoms with Crippen molar-refractivity contribution in [1.82, 2.24) is 10.2 Å². The van der Waals surface area contributed by atoms with Crippen molar-refractivity contribution >= 4 is 17.7 Å². The van der Waals surface area contributed by atoms with Gasteiger partial charge in [0, 0.05) is 17.5 Å². The van der Waals surface area contributed by atoms with Crippen molar-refractivity contribution in [3.8, 4) is 5.75 Å². The molecule has 1 unspecified atom stereocenters. The van der Waals surface area contributed by atoms with Gasteiger partial charge in [0.15, 0.2) is 0 Å². The summed E-state index contributed by atoms with van der Waals surface area (Å²) >= 11 is 0. The van der Waals surface area contributed by atoms with Gasteiger partial charge in [0.2, 0.25) is 11.8 Å². The van der Waals surface area contributed by atoms with Crippen molar-refractivity contribution in [2.24, 2.45) is 0 Å². The molecule has 2 aliphatic heterocycles. The maximum absolute atomic E-state index is 12.8. The number of nitrogens with one attached hydrogen (secondary N) is 1. The topological polar surface area (TPSA) is 75.7 Å². The van der Waals surface area contributed by atoms with E-state index in [0.29, 0.717) is 25.1 Å². The second-order valence-electron chi connectivity index (χ2n) is 7.65. The lowest BCUT2D eigenvalue weighted by Gasteiger charge is -2.29. The van der Waals surface area contributed by atoms with Crippen LogP contribution in [0, 0.1) is 0 Å². The van der Waals surface area contributed by atoms with Crippen molar-refractivity contribution in [2.45, 2.75) is 77.3 Å². The van der Waals surface area contributed by atoms with E-state index in [9.17, 15) is 14.4 Å². The first-order valence-corrected chi connectivity index (χ1v) is 10.5. The summed E-state index contributed by atoms with van der Waals surface area (Å²) in [5.74, 6) is -0.0930. The van der Waals surface area contributed by atoms with E-state index in [2.05, 4.69) is 12.2 Å². The third kappa shape index (κ3) is 4.72. The highest BCUT2D eigenvalue weighted by Gasteiger charge is 2.40. The zero-order chi connectivity index (χ0) is 19.9. The quantitative estimate of drug-likeness (QED) is 0.493. The highest BCUT2D eigenvalue weighted by atomic mass is 16.5. The smallest absolute Gasteiger partial charge is 0.255 e. The van der Waals surface area contributed by atoms with Crippen LogP contribution >= 0.6 is 0 Å². The van der Waals surface area contributed by atoms with Crippen LogP contribution in [0.25, 0.3) is 0 Å². The molecule has 0 radical (unpaired) electrons. The molecule has 28 heavy (non-hydrogen) atoms. The summed E-state index contributed by atoms with van der Waals surface area (Å²) in [4.78, 5) is 37.9. The first kappa shape index (κ1) is 20.4. The molecule has 1 fully saturated rings. The molecule has 0 aliphatic carbocycles. The van der Waals surface area contributed by atoms with E-state index in [1.165, 1.54) is 32.1 Å². The second kappa shape index (κ2) is 9.71. The van der Waals surface area contributed by atoms with Crippen LogP contribution in [0.3, 0.4) is 0 Å². The van der Waals surface area contributed by atoms with Crippen molar-refractivity contribution < 1.29 is 19.1 Å². The van der Waals surface area contributed by atoms with Gasteiger partial charge in [-0.1, -0.05) is 51.5 Å². The number of rotatable bonds is 10. The number of hydrogen-bond acceptors (Lipinski definition) is 4. The molecule has 6 heteroatoms. The Morgan fingerprint density at radius 1 is 1.07 bits per heavy atom. The van der Waals surface area contributed by atoms with Crippen LogP contribution in [0.4, 0.5) is 0 Å². The van der Waals surface area contributed by atoms with Crippen LogP contribution < -0.4 is 10.1 Å². The summed E-state index contributed by atoms with van der Waals surface area (Å²) in [5.41, 5.74) is 1.45. The highest BCUT2D eigenvalue weighted by molar-refractivity contribution is 6.05. The lowest BCUT2D eigenvalue weighted by atomic mass is 10.0. The summed E-state index contributed by atoms with van der Waals surface area (Å²) in [5, 5.41) is 2.33. The first-order valence-electron chi connectivity index (χ1n) is 10.5. The van der Waals surface area contributed by atoms with Gasteiger partial charge in [-0.25, -0.2) is 0 Å². The number of piperidine rings is 1. The fourth-order valence-corrected chi connectivity index (χ4v) is 3.93. The predicted molar refractivity (Wildman–Crippen MR) is 106 cm³/mol. The molecule has 0 aromatic heterocycles. The molecule has 3 amide bonds. The summed E-state index contributed by atoms with van der Waals surface area (Å²) in [6.07, 6.45) is 9.18. The van der Waals surface area contributed by atoms with Crippen molar-refractivity contribution in [2.75, 3.05) is 6.61 Å². The molecule has 2 aliphatic rings. The molecule has 1 atom stereocenters. The van der Waals surface area contributed by atoms with Crippen LogP contribution in [-0.4, -0.2) is 35.3 Å². The van der Waals surface area contributed by atoms with Crippen LogP contribution in [-0.2, 0) is 16.1 Å². The van der Waals surface area contributed by atoms with Crippen LogP contribution in [0.1, 0.15) is 80.6 Å². The molecule has 2 heterocycles. The van der Waals surface area contributed by atoms with E-state index in [4.69, 9.17) is 4.74 Å². The highest BCUT2D eigenvalue weighted by Crippen LogP contribution is 2.33. The maximum Gasteiger partial charge on any atom is 0.255 e. The van der Waals surface area contributed by atoms with Gasteiger partial charge in [-0.2, -0.15) is 0 Å². The largest absolute Gasteiger partial charge is 0.493 e. The molecule has 1 saturated heterocycles. The molecule has 0 spiro atoms. The van der Waals surface area contributed by atoms with Gasteiger partial charge < -0.3 is 9.64 Å². The van der Waals surface area contributed by atoms with Crippen molar-refractivity contribution in [1.29, 1.82) is 0 Å². The van der Waals surface area contributed by atoms with Crippen molar-refractivity contribution in [3.05, 3.63) is 29.3 Å². The number of unbranched alkanes of at least 4 members (excludes halogenated alkanes) is 6. The molecule has 0 saturated carbocycles. The lowest BCUT2D eigenvalue weighted by molar-refractivity contribution is -0.136. The molecule has 1 aromatic rings. The van der Waals surface area contributed by atoms with Gasteiger partial charge in [0.1, 0.15) is 11.8 Å². The molecule has 0 bridgehead atoms. The number of ether oxygens (including phenoxy) is 1. The molecular weight excluding hydrogens is 356 g/mol. The lowest BCUT2D eigenvalue weighted by Crippen LogP contribution is -2.52. The Bertz CT molecular complexity index is 731. The van der Waals surface area contributed by atoms with E-state index in [0.717, 1.165) is 24.2 Å². The minimum atomic E-state index is -0.589. The van der Waals surface area contributed by atoms with Gasteiger partial charge in [-0.3, -0.25) is 19.7 Å². The van der Waals surface area contributed by atoms with Gasteiger partial charge in [0.05, 0.1) is 13.2 Å². The zero-order valence-corrected chi connectivity index (χ0v) is 16.7. The van der Waals surface area contributed by atoms with Crippen LogP contribution in [0.2, 0.25) is 0 Å². The zero-order valence-electron chi connectivity index (χ0n) is 16.7. The fraction of sp³-hybridized carbons (Fsp3) is 0.591. The number of imide groups is 1. The summed E-state index contributed by atoms with van der Waals surface area (Å²) < 4.78 is 5.97. The number of fused-ring (bicyclic) bond motifs is 1. The standard InChI is InChI=1S/C22H30N2O4/c1-2-3-4-5-6-7-8-14-28-19-11-9-10-16-17(19)15-24(22(16)27)18-12-13-20(25)23-21(18)26/h9-11,18H,2-8,12-15H2,1H3,(H,23,25,26). The Morgan fingerprint density at radius 2 is 1.82 bits per heavy atom. The Morgan fingerprint density at radius 3 is 2.57 bits per heavy atom. The minimum Gasteiger partial charge on any atom is -0.493 e. The third-order valence-corrected chi connectivity index (χ3v) is 5.54. The Kier molecular flexibility index (Phi) is 7.06. The minimum absolute atomic E-state index is 0.161. The Balaban J connectivity index is 1.54. The Hall–Kier alpha value is -2.37. The van der Waals surface area contributed by atoms with E-state index >= 15 is 0 Å². The fourth-order valence-electron chi connectivity index (χ4n) is 3.93. The van der Waals surface area contributed by atoms with Crippen molar-refractivity contribution in [3.63, 3.8) is 0 Å². The number of hydrogen-bond donors (Lipinski definition) is 1. The predicted octanol–water partition coefficient (Wildman–Crippen LogP) is 3.58. The van der Waals surface area contributed by atoms with Gasteiger partial charge in [-0.05, 0) is 25.0 Å². The monoisotopic (exact) mass is 386 g/mol. The number of benzene rings is 1. The van der Waals surface area contributed by atoms with E-state index in [1.807, 2.05) is 12.1 Å². The average Bonchev–Trinajstić information content (AvgIpc) is 3.01. The normalized spacial score (nSPS) is 19.0. The van der Waals surface area contributed by atoms with Crippen LogP contribution in [0.15, 0.2) is 18.2 Å². The van der Waals surface area contributed by atoms with E-state index < -0.39 is 6.04 Å². The first-order chi connectivity index (χ1) is 13.6. The average molecular weight is 386 g/mol. The number of nitrogens with zero attached hydrogens (tertiary/aromatic N) is 1. The SMILES string of the molecule is CCCCCCCCCOc1cccc2c1CN(C1CCC(=O)NC1=O)C2=O. The molecule has 1 N–H and O–H groups in total. The summed E-state index contributed by atoms with van der Waals surface area (Å²) in [6, 6.07) is 4.91. The van der Waals surface area contributed by atoms with Gasteiger partial charge in [0.25, 0.3) is 5.91 Å². The Labute approximate surface area is 166 Å². The summed E-state index contributed by atoms with van der Waals surface area (Å²) in [7, 11) is 0. The molecule has 1 aromatic carbocycles. The van der Waals surface area contributed by atoms with Crippen LogP contribution in [0.5, 0.6) is 5.75 Å². The maximum atomic E-state index is 12.8. The third-order valence-electron chi connectivity index (χ3n) is 5.54. The molecule has 6 nitrogen and oxygen atoms in total. The molecule has 152 valence electrons. The summed E-state index contributed by atoms with van der Waals surface area (Å²) in [6.45, 7) is 3.21.